The highest BCUT2D eigenvalue weighted by Crippen LogP contribution is 2.13. The molecule has 0 aliphatic rings. The molecule has 0 saturated carbocycles. The first-order valence-corrected chi connectivity index (χ1v) is 5.87. The maximum atomic E-state index is 9.56. The molecule has 0 aromatic heterocycles. The summed E-state index contributed by atoms with van der Waals surface area (Å²) in [6.45, 7) is 1.91. The largest absolute Gasteiger partial charge is 0.396 e. The van der Waals surface area contributed by atoms with Crippen molar-refractivity contribution in [1.29, 1.82) is 0 Å². The summed E-state index contributed by atoms with van der Waals surface area (Å²) in [5.74, 6) is 0. The van der Waals surface area contributed by atoms with Gasteiger partial charge in [-0.3, -0.25) is 0 Å². The van der Waals surface area contributed by atoms with E-state index in [1.165, 1.54) is 0 Å². The molecule has 0 saturated heterocycles. The van der Waals surface area contributed by atoms with Crippen molar-refractivity contribution in [2.45, 2.75) is 63.4 Å². The van der Waals surface area contributed by atoms with Crippen molar-refractivity contribution in [2.24, 2.45) is 0 Å². The van der Waals surface area contributed by atoms with Gasteiger partial charge < -0.3 is 25.5 Å². The van der Waals surface area contributed by atoms with Gasteiger partial charge in [-0.15, -0.1) is 0 Å². The SMILES string of the molecule is CCC[C@H](O)[C@@H](O)[C@H](O)[C@H](O)CCCCO. The van der Waals surface area contributed by atoms with Crippen LogP contribution in [0.3, 0.4) is 0 Å². The first-order chi connectivity index (χ1) is 7.54. The van der Waals surface area contributed by atoms with Gasteiger partial charge in [0.2, 0.25) is 0 Å². The van der Waals surface area contributed by atoms with Gasteiger partial charge in [-0.05, 0) is 25.7 Å². The smallest absolute Gasteiger partial charge is 0.108 e. The summed E-state index contributed by atoms with van der Waals surface area (Å²) in [5, 5.41) is 46.6. The molecule has 0 spiro atoms. The molecule has 0 aromatic carbocycles. The van der Waals surface area contributed by atoms with Crippen molar-refractivity contribution in [1.82, 2.24) is 0 Å². The van der Waals surface area contributed by atoms with Crippen LogP contribution in [0.5, 0.6) is 0 Å². The van der Waals surface area contributed by atoms with Crippen LogP contribution in [0.15, 0.2) is 0 Å². The Hall–Kier alpha value is -0.200. The van der Waals surface area contributed by atoms with Crippen LogP contribution in [0.2, 0.25) is 0 Å². The third kappa shape index (κ3) is 5.77. The number of aliphatic hydroxyl groups is 5. The van der Waals surface area contributed by atoms with Gasteiger partial charge in [0.05, 0.1) is 12.2 Å². The Balaban J connectivity index is 3.94. The highest BCUT2D eigenvalue weighted by molar-refractivity contribution is 4.80. The van der Waals surface area contributed by atoms with Crippen molar-refractivity contribution < 1.29 is 25.5 Å². The zero-order valence-electron chi connectivity index (χ0n) is 9.79. The average molecular weight is 236 g/mol. The Kier molecular flexibility index (Phi) is 8.78. The van der Waals surface area contributed by atoms with Crippen LogP contribution in [0.4, 0.5) is 0 Å². The van der Waals surface area contributed by atoms with Crippen LogP contribution in [-0.2, 0) is 0 Å². The van der Waals surface area contributed by atoms with Crippen LogP contribution in [0.1, 0.15) is 39.0 Å². The third-order valence-corrected chi connectivity index (χ3v) is 2.63. The fourth-order valence-corrected chi connectivity index (χ4v) is 1.56. The van der Waals surface area contributed by atoms with Crippen molar-refractivity contribution >= 4 is 0 Å². The molecule has 0 amide bonds. The number of unbranched alkanes of at least 4 members (excludes halogenated alkanes) is 1. The van der Waals surface area contributed by atoms with Crippen LogP contribution >= 0.6 is 0 Å². The molecule has 16 heavy (non-hydrogen) atoms. The van der Waals surface area contributed by atoms with E-state index in [-0.39, 0.29) is 6.61 Å². The lowest BCUT2D eigenvalue weighted by atomic mass is 9.97. The summed E-state index contributed by atoms with van der Waals surface area (Å²) in [6.07, 6.45) is -2.20. The second kappa shape index (κ2) is 8.90. The third-order valence-electron chi connectivity index (χ3n) is 2.63. The van der Waals surface area contributed by atoms with Crippen molar-refractivity contribution in [3.8, 4) is 0 Å². The first-order valence-electron chi connectivity index (χ1n) is 5.87. The molecule has 0 heterocycles. The van der Waals surface area contributed by atoms with E-state index < -0.39 is 24.4 Å². The molecule has 5 N–H and O–H groups in total. The van der Waals surface area contributed by atoms with E-state index in [0.717, 1.165) is 0 Å². The Bertz CT molecular complexity index is 164. The van der Waals surface area contributed by atoms with E-state index in [4.69, 9.17) is 5.11 Å². The number of rotatable bonds is 9. The molecule has 0 unspecified atom stereocenters. The lowest BCUT2D eigenvalue weighted by Crippen LogP contribution is -2.44. The predicted molar refractivity (Wildman–Crippen MR) is 59.9 cm³/mol. The molecule has 4 atom stereocenters. The van der Waals surface area contributed by atoms with Gasteiger partial charge in [0.25, 0.3) is 0 Å². The number of hydrogen-bond acceptors (Lipinski definition) is 5. The lowest BCUT2D eigenvalue weighted by molar-refractivity contribution is -0.108. The standard InChI is InChI=1S/C11H24O5/c1-2-5-8(13)10(15)11(16)9(14)6-3-4-7-12/h8-16H,2-7H2,1H3/t8-,9+,10+,11+/m0/s1. The van der Waals surface area contributed by atoms with Crippen LogP contribution in [0.25, 0.3) is 0 Å². The molecule has 0 radical (unpaired) electrons. The zero-order valence-corrected chi connectivity index (χ0v) is 9.79. The van der Waals surface area contributed by atoms with E-state index in [2.05, 4.69) is 0 Å². The maximum absolute atomic E-state index is 9.56. The topological polar surface area (TPSA) is 101 Å². The molecule has 0 rings (SSSR count). The Morgan fingerprint density at radius 3 is 1.75 bits per heavy atom. The molecule has 5 nitrogen and oxygen atoms in total. The predicted octanol–water partition coefficient (Wildman–Crippen LogP) is -0.607. The van der Waals surface area contributed by atoms with Gasteiger partial charge in [-0.25, -0.2) is 0 Å². The monoisotopic (exact) mass is 236 g/mol. The molecule has 0 aliphatic carbocycles. The van der Waals surface area contributed by atoms with E-state index in [9.17, 15) is 20.4 Å². The Labute approximate surface area is 96.4 Å². The summed E-state index contributed by atoms with van der Waals surface area (Å²) in [7, 11) is 0. The molecule has 5 heteroatoms. The van der Waals surface area contributed by atoms with E-state index in [0.29, 0.717) is 32.1 Å². The highest BCUT2D eigenvalue weighted by Gasteiger charge is 2.29. The van der Waals surface area contributed by atoms with Crippen molar-refractivity contribution in [2.75, 3.05) is 6.61 Å². The number of aliphatic hydroxyl groups excluding tert-OH is 5. The lowest BCUT2D eigenvalue weighted by Gasteiger charge is -2.26. The first kappa shape index (κ1) is 15.8. The average Bonchev–Trinajstić information content (AvgIpc) is 2.27. The molecular formula is C11H24O5. The minimum Gasteiger partial charge on any atom is -0.396 e. The van der Waals surface area contributed by atoms with Gasteiger partial charge in [-0.1, -0.05) is 13.3 Å². The van der Waals surface area contributed by atoms with E-state index >= 15 is 0 Å². The summed E-state index contributed by atoms with van der Waals surface area (Å²) in [4.78, 5) is 0. The fraction of sp³-hybridized carbons (Fsp3) is 1.00. The highest BCUT2D eigenvalue weighted by atomic mass is 16.4. The second-order valence-electron chi connectivity index (χ2n) is 4.12. The van der Waals surface area contributed by atoms with Gasteiger partial charge in [0.15, 0.2) is 0 Å². The quantitative estimate of drug-likeness (QED) is 0.344. The Morgan fingerprint density at radius 1 is 0.812 bits per heavy atom. The summed E-state index contributed by atoms with van der Waals surface area (Å²) >= 11 is 0. The maximum Gasteiger partial charge on any atom is 0.108 e. The summed E-state index contributed by atoms with van der Waals surface area (Å²) in [5.41, 5.74) is 0. The van der Waals surface area contributed by atoms with Crippen molar-refractivity contribution in [3.05, 3.63) is 0 Å². The van der Waals surface area contributed by atoms with Gasteiger partial charge in [0.1, 0.15) is 12.2 Å². The fourth-order valence-electron chi connectivity index (χ4n) is 1.56. The second-order valence-corrected chi connectivity index (χ2v) is 4.12. The number of hydrogen-bond donors (Lipinski definition) is 5. The van der Waals surface area contributed by atoms with Crippen LogP contribution in [-0.4, -0.2) is 56.6 Å². The van der Waals surface area contributed by atoms with E-state index in [1.807, 2.05) is 6.92 Å². The Morgan fingerprint density at radius 2 is 1.31 bits per heavy atom. The van der Waals surface area contributed by atoms with E-state index in [1.54, 1.807) is 0 Å². The molecule has 0 fully saturated rings. The summed E-state index contributed by atoms with van der Waals surface area (Å²) < 4.78 is 0. The normalized spacial score (nSPS) is 19.1. The van der Waals surface area contributed by atoms with Gasteiger partial charge in [-0.2, -0.15) is 0 Å². The van der Waals surface area contributed by atoms with Crippen LogP contribution < -0.4 is 0 Å². The van der Waals surface area contributed by atoms with Crippen LogP contribution in [0, 0.1) is 0 Å². The molecule has 0 aromatic rings. The molecule has 98 valence electrons. The molecular weight excluding hydrogens is 212 g/mol. The summed E-state index contributed by atoms with van der Waals surface area (Å²) in [6, 6.07) is 0. The molecule has 0 bridgehead atoms. The van der Waals surface area contributed by atoms with Gasteiger partial charge in [0, 0.05) is 6.61 Å². The zero-order chi connectivity index (χ0) is 12.6. The molecule has 0 aliphatic heterocycles. The van der Waals surface area contributed by atoms with Crippen molar-refractivity contribution in [3.63, 3.8) is 0 Å². The van der Waals surface area contributed by atoms with Gasteiger partial charge >= 0.3 is 0 Å². The minimum absolute atomic E-state index is 0.0455. The minimum atomic E-state index is -1.33.